The van der Waals surface area contributed by atoms with Gasteiger partial charge in [-0.1, -0.05) is 0 Å². The summed E-state index contributed by atoms with van der Waals surface area (Å²) in [5, 5.41) is 0. The van der Waals surface area contributed by atoms with Gasteiger partial charge in [-0.15, -0.1) is 11.3 Å². The van der Waals surface area contributed by atoms with Crippen LogP contribution in [0, 0.1) is 0 Å². The first-order chi connectivity index (χ1) is 8.38. The highest BCUT2D eigenvalue weighted by Crippen LogP contribution is 2.36. The van der Waals surface area contributed by atoms with E-state index in [0.29, 0.717) is 0 Å². The van der Waals surface area contributed by atoms with Gasteiger partial charge in [-0.3, -0.25) is 5.84 Å². The molecule has 1 aliphatic heterocycles. The fourth-order valence-electron chi connectivity index (χ4n) is 2.09. The molecule has 5 heteroatoms. The van der Waals surface area contributed by atoms with Crippen LogP contribution in [0.15, 0.2) is 29.1 Å². The van der Waals surface area contributed by atoms with Crippen molar-refractivity contribution >= 4 is 23.1 Å². The Morgan fingerprint density at radius 3 is 3.12 bits per heavy atom. The van der Waals surface area contributed by atoms with Crippen molar-refractivity contribution in [3.8, 4) is 0 Å². The molecule has 0 spiro atoms. The quantitative estimate of drug-likeness (QED) is 0.662. The summed E-state index contributed by atoms with van der Waals surface area (Å²) in [6.45, 7) is 0. The van der Waals surface area contributed by atoms with E-state index in [0.717, 1.165) is 11.3 Å². The number of hydrazine groups is 1. The average Bonchev–Trinajstić information content (AvgIpc) is 2.98. The van der Waals surface area contributed by atoms with Crippen molar-refractivity contribution in [2.24, 2.45) is 5.84 Å². The van der Waals surface area contributed by atoms with Gasteiger partial charge in [-0.05, 0) is 29.9 Å². The smallest absolute Gasteiger partial charge is 0.0954 e. The molecule has 3 heterocycles. The summed E-state index contributed by atoms with van der Waals surface area (Å²) in [7, 11) is 0. The van der Waals surface area contributed by atoms with Crippen LogP contribution in [0.2, 0.25) is 0 Å². The first-order valence-corrected chi connectivity index (χ1v) is 7.53. The van der Waals surface area contributed by atoms with Gasteiger partial charge in [0.25, 0.3) is 0 Å². The van der Waals surface area contributed by atoms with E-state index in [-0.39, 0.29) is 6.04 Å². The van der Waals surface area contributed by atoms with Gasteiger partial charge in [-0.25, -0.2) is 5.43 Å². The maximum atomic E-state index is 5.66. The molecule has 2 aromatic rings. The van der Waals surface area contributed by atoms with Crippen molar-refractivity contribution in [3.63, 3.8) is 0 Å². The average molecular weight is 266 g/mol. The molecule has 3 rings (SSSR count). The number of thioether (sulfide) groups is 1. The lowest BCUT2D eigenvalue weighted by molar-refractivity contribution is 0.554. The molecule has 17 heavy (non-hydrogen) atoms. The highest BCUT2D eigenvalue weighted by molar-refractivity contribution is 7.98. The van der Waals surface area contributed by atoms with Crippen LogP contribution >= 0.6 is 23.1 Å². The molecule has 0 radical (unpaired) electrons. The number of furan rings is 1. The number of hydrogen-bond donors (Lipinski definition) is 2. The molecule has 0 bridgehead atoms. The molecular weight excluding hydrogens is 252 g/mol. The normalized spacial score (nSPS) is 16.8. The molecule has 0 saturated carbocycles. The van der Waals surface area contributed by atoms with Crippen LogP contribution in [0.3, 0.4) is 0 Å². The van der Waals surface area contributed by atoms with Crippen molar-refractivity contribution in [3.05, 3.63) is 45.5 Å². The second kappa shape index (κ2) is 4.86. The van der Waals surface area contributed by atoms with Crippen molar-refractivity contribution in [1.82, 2.24) is 5.43 Å². The number of aryl methyl sites for hydroxylation is 1. The van der Waals surface area contributed by atoms with Crippen molar-refractivity contribution < 1.29 is 4.42 Å². The third-order valence-electron chi connectivity index (χ3n) is 2.97. The monoisotopic (exact) mass is 266 g/mol. The van der Waals surface area contributed by atoms with Crippen molar-refractivity contribution in [2.45, 2.75) is 18.2 Å². The standard InChI is InChI=1S/C12H14N2OS2/c13-14-12(8-1-3-15-6-8)11-5-9-7-16-4-2-10(9)17-11/h1,3,5-6,12,14H,2,4,7,13H2. The summed E-state index contributed by atoms with van der Waals surface area (Å²) in [6, 6.07) is 4.29. The lowest BCUT2D eigenvalue weighted by Gasteiger charge is -2.11. The fraction of sp³-hybridized carbons (Fsp3) is 0.333. The lowest BCUT2D eigenvalue weighted by atomic mass is 10.1. The Kier molecular flexibility index (Phi) is 3.24. The zero-order chi connectivity index (χ0) is 11.7. The van der Waals surface area contributed by atoms with E-state index in [9.17, 15) is 0 Å². The Labute approximate surface area is 108 Å². The number of hydrogen-bond acceptors (Lipinski definition) is 5. The van der Waals surface area contributed by atoms with Gasteiger partial charge >= 0.3 is 0 Å². The van der Waals surface area contributed by atoms with Gasteiger partial charge in [0.05, 0.1) is 18.6 Å². The fourth-order valence-corrected chi connectivity index (χ4v) is 4.56. The minimum Gasteiger partial charge on any atom is -0.472 e. The topological polar surface area (TPSA) is 51.2 Å². The molecule has 1 unspecified atom stereocenters. The molecule has 0 amide bonds. The van der Waals surface area contributed by atoms with E-state index in [1.807, 2.05) is 29.2 Å². The molecule has 0 aliphatic carbocycles. The number of nitrogens with one attached hydrogen (secondary N) is 1. The molecule has 3 nitrogen and oxygen atoms in total. The van der Waals surface area contributed by atoms with Crippen LogP contribution in [0.5, 0.6) is 0 Å². The zero-order valence-corrected chi connectivity index (χ0v) is 10.9. The molecular formula is C12H14N2OS2. The Hall–Kier alpha value is -0.750. The Morgan fingerprint density at radius 1 is 1.47 bits per heavy atom. The van der Waals surface area contributed by atoms with E-state index in [1.165, 1.54) is 27.5 Å². The molecule has 90 valence electrons. The van der Waals surface area contributed by atoms with Gasteiger partial charge in [0.1, 0.15) is 0 Å². The third-order valence-corrected chi connectivity index (χ3v) is 5.28. The Bertz CT molecular complexity index is 469. The van der Waals surface area contributed by atoms with Gasteiger partial charge in [0.2, 0.25) is 0 Å². The maximum absolute atomic E-state index is 5.66. The second-order valence-corrected chi connectivity index (χ2v) is 6.33. The first-order valence-electron chi connectivity index (χ1n) is 5.56. The number of rotatable bonds is 3. The van der Waals surface area contributed by atoms with Crippen molar-refractivity contribution in [1.29, 1.82) is 0 Å². The maximum Gasteiger partial charge on any atom is 0.0954 e. The summed E-state index contributed by atoms with van der Waals surface area (Å²) in [6.07, 6.45) is 4.62. The highest BCUT2D eigenvalue weighted by atomic mass is 32.2. The molecule has 1 aliphatic rings. The molecule has 0 aromatic carbocycles. The van der Waals surface area contributed by atoms with Crippen molar-refractivity contribution in [2.75, 3.05) is 5.75 Å². The van der Waals surface area contributed by atoms with Crippen LogP contribution in [-0.4, -0.2) is 5.75 Å². The summed E-state index contributed by atoms with van der Waals surface area (Å²) >= 11 is 3.87. The van der Waals surface area contributed by atoms with Gasteiger partial charge in [0.15, 0.2) is 0 Å². The van der Waals surface area contributed by atoms with Crippen LogP contribution in [-0.2, 0) is 12.2 Å². The van der Waals surface area contributed by atoms with E-state index < -0.39 is 0 Å². The summed E-state index contributed by atoms with van der Waals surface area (Å²) in [4.78, 5) is 2.80. The Balaban J connectivity index is 1.94. The van der Waals surface area contributed by atoms with Gasteiger partial charge in [-0.2, -0.15) is 11.8 Å². The van der Waals surface area contributed by atoms with Gasteiger partial charge < -0.3 is 4.42 Å². The summed E-state index contributed by atoms with van der Waals surface area (Å²) in [5.41, 5.74) is 5.43. The van der Waals surface area contributed by atoms with Crippen LogP contribution in [0.4, 0.5) is 0 Å². The van der Waals surface area contributed by atoms with E-state index in [2.05, 4.69) is 11.5 Å². The zero-order valence-electron chi connectivity index (χ0n) is 9.31. The van der Waals surface area contributed by atoms with Crippen LogP contribution in [0.1, 0.15) is 26.9 Å². The third kappa shape index (κ3) is 2.15. The lowest BCUT2D eigenvalue weighted by Crippen LogP contribution is -2.27. The molecule has 1 atom stereocenters. The van der Waals surface area contributed by atoms with E-state index in [4.69, 9.17) is 10.3 Å². The Morgan fingerprint density at radius 2 is 2.41 bits per heavy atom. The largest absolute Gasteiger partial charge is 0.472 e. The van der Waals surface area contributed by atoms with Crippen LogP contribution < -0.4 is 11.3 Å². The highest BCUT2D eigenvalue weighted by Gasteiger charge is 2.20. The number of nitrogens with two attached hydrogens (primary N) is 1. The van der Waals surface area contributed by atoms with Gasteiger partial charge in [0, 0.05) is 21.1 Å². The summed E-state index contributed by atoms with van der Waals surface area (Å²) < 4.78 is 5.13. The molecule has 3 N–H and O–H groups in total. The predicted molar refractivity (Wildman–Crippen MR) is 72.1 cm³/mol. The first kappa shape index (κ1) is 11.3. The summed E-state index contributed by atoms with van der Waals surface area (Å²) in [5.74, 6) is 8.03. The van der Waals surface area contributed by atoms with E-state index >= 15 is 0 Å². The minimum atomic E-state index is 0.0503. The second-order valence-electron chi connectivity index (χ2n) is 4.06. The number of fused-ring (bicyclic) bond motifs is 1. The number of thiophene rings is 1. The van der Waals surface area contributed by atoms with E-state index in [1.54, 1.807) is 12.5 Å². The van der Waals surface area contributed by atoms with Crippen LogP contribution in [0.25, 0.3) is 0 Å². The minimum absolute atomic E-state index is 0.0503. The molecule has 2 aromatic heterocycles. The SMILES string of the molecule is NNC(c1ccoc1)c1cc2c(s1)CCSC2. The predicted octanol–water partition coefficient (Wildman–Crippen LogP) is 2.68. The molecule has 0 fully saturated rings. The molecule has 0 saturated heterocycles.